The summed E-state index contributed by atoms with van der Waals surface area (Å²) < 4.78 is 39.8. The van der Waals surface area contributed by atoms with Crippen LogP contribution in [-0.4, -0.2) is 69.8 Å². The molecule has 0 spiro atoms. The van der Waals surface area contributed by atoms with Gasteiger partial charge in [-0.1, -0.05) is 27.7 Å². The molecule has 5 N–H and O–H groups in total. The molecule has 0 bridgehead atoms. The van der Waals surface area contributed by atoms with Crippen molar-refractivity contribution < 1.29 is 42.3 Å². The first-order valence-electron chi connectivity index (χ1n) is 11.7. The number of hydrogen-bond donors (Lipinski definition) is 4. The van der Waals surface area contributed by atoms with Gasteiger partial charge in [-0.05, 0) is 48.9 Å². The normalized spacial score (nSPS) is 18.3. The number of alkyl halides is 3. The van der Waals surface area contributed by atoms with Crippen LogP contribution in [0.25, 0.3) is 0 Å². The quantitative estimate of drug-likeness (QED) is 0.359. The number of rotatable bonds is 9. The fourth-order valence-corrected chi connectivity index (χ4v) is 4.17. The topological polar surface area (TPSA) is 159 Å². The van der Waals surface area contributed by atoms with Crippen LogP contribution in [0.3, 0.4) is 0 Å². The van der Waals surface area contributed by atoms with Crippen LogP contribution in [0, 0.1) is 11.8 Å². The van der Waals surface area contributed by atoms with Gasteiger partial charge < -0.3 is 26.4 Å². The lowest BCUT2D eigenvalue weighted by molar-refractivity contribution is -0.180. The zero-order valence-corrected chi connectivity index (χ0v) is 20.9. The maximum atomic E-state index is 13.4. The van der Waals surface area contributed by atoms with E-state index in [-0.39, 0.29) is 24.2 Å². The minimum Gasteiger partial charge on any atom is -0.478 e. The maximum absolute atomic E-state index is 13.4. The van der Waals surface area contributed by atoms with Crippen LogP contribution < -0.4 is 16.4 Å². The predicted octanol–water partition coefficient (Wildman–Crippen LogP) is 2.58. The third-order valence-corrected chi connectivity index (χ3v) is 6.40. The average molecular weight is 529 g/mol. The lowest BCUT2D eigenvalue weighted by Gasteiger charge is -2.37. The van der Waals surface area contributed by atoms with Gasteiger partial charge in [0.15, 0.2) is 5.78 Å². The van der Waals surface area contributed by atoms with Crippen LogP contribution in [0.5, 0.6) is 0 Å². The lowest BCUT2D eigenvalue weighted by Crippen LogP contribution is -2.67. The smallest absolute Gasteiger partial charge is 0.452 e. The Morgan fingerprint density at radius 1 is 1.05 bits per heavy atom. The molecule has 1 aromatic carbocycles. The van der Waals surface area contributed by atoms with Crippen LogP contribution in [0.2, 0.25) is 0 Å². The Balaban J connectivity index is 2.24. The highest BCUT2D eigenvalue weighted by Crippen LogP contribution is 2.32. The molecule has 2 rings (SSSR count). The van der Waals surface area contributed by atoms with Crippen molar-refractivity contribution in [3.63, 3.8) is 0 Å². The summed E-state index contributed by atoms with van der Waals surface area (Å²) in [5.74, 6) is -7.08. The Hall–Kier alpha value is -3.48. The molecule has 0 radical (unpaired) electrons. The second-order valence-corrected chi connectivity index (χ2v) is 9.61. The van der Waals surface area contributed by atoms with E-state index in [4.69, 9.17) is 10.8 Å². The molecule has 10 nitrogen and oxygen atoms in total. The number of carbonyl (C=O) groups is 5. The maximum Gasteiger partial charge on any atom is 0.452 e. The molecule has 0 aliphatic carbocycles. The van der Waals surface area contributed by atoms with Gasteiger partial charge in [0, 0.05) is 12.2 Å². The van der Waals surface area contributed by atoms with Gasteiger partial charge in [-0.15, -0.1) is 0 Å². The number of Topliss-reactive ketones (excluding diaryl/α,β-unsaturated/α-hetero) is 2. The molecule has 1 heterocycles. The van der Waals surface area contributed by atoms with Gasteiger partial charge in [-0.2, -0.15) is 13.2 Å². The number of nitrogens with one attached hydrogen (secondary N) is 2. The number of carboxylic acids is 1. The van der Waals surface area contributed by atoms with Crippen LogP contribution in [0.4, 0.5) is 23.7 Å². The first kappa shape index (κ1) is 29.7. The number of ketones is 2. The summed E-state index contributed by atoms with van der Waals surface area (Å²) in [7, 11) is 0. The van der Waals surface area contributed by atoms with Crippen LogP contribution >= 0.6 is 0 Å². The summed E-state index contributed by atoms with van der Waals surface area (Å²) >= 11 is 0. The van der Waals surface area contributed by atoms with Gasteiger partial charge in [0.1, 0.15) is 11.6 Å². The van der Waals surface area contributed by atoms with E-state index in [9.17, 15) is 37.1 Å². The first-order chi connectivity index (χ1) is 17.0. The van der Waals surface area contributed by atoms with Crippen LogP contribution in [-0.2, 0) is 14.4 Å². The number of benzene rings is 1. The zero-order valence-electron chi connectivity index (χ0n) is 20.9. The molecule has 1 aliphatic heterocycles. The Labute approximate surface area is 211 Å². The number of carboxylic acid groups (broad SMARTS) is 1. The van der Waals surface area contributed by atoms with Crippen molar-refractivity contribution in [2.75, 3.05) is 11.9 Å². The molecule has 204 valence electrons. The van der Waals surface area contributed by atoms with Gasteiger partial charge in [0.05, 0.1) is 11.6 Å². The molecule has 1 aromatic rings. The van der Waals surface area contributed by atoms with Crippen molar-refractivity contribution in [2.24, 2.45) is 17.6 Å². The molecular formula is C24H31F3N4O6. The fraction of sp³-hybridized carbons (Fsp3) is 0.542. The number of urea groups is 1. The van der Waals surface area contributed by atoms with E-state index in [1.165, 1.54) is 38.1 Å². The molecule has 1 unspecified atom stereocenters. The Morgan fingerprint density at radius 3 is 2.08 bits per heavy atom. The number of hydrogen-bond acceptors (Lipinski definition) is 6. The van der Waals surface area contributed by atoms with E-state index in [0.717, 1.165) is 4.90 Å². The summed E-state index contributed by atoms with van der Waals surface area (Å²) in [5, 5.41) is 13.9. The van der Waals surface area contributed by atoms with E-state index in [1.54, 1.807) is 13.8 Å². The molecular weight excluding hydrogens is 497 g/mol. The zero-order chi connectivity index (χ0) is 28.3. The van der Waals surface area contributed by atoms with Crippen molar-refractivity contribution >= 4 is 35.2 Å². The Kier molecular flexibility index (Phi) is 9.07. The largest absolute Gasteiger partial charge is 0.478 e. The van der Waals surface area contributed by atoms with E-state index in [0.29, 0.717) is 6.42 Å². The average Bonchev–Trinajstić information content (AvgIpc) is 3.29. The number of nitrogens with two attached hydrogens (primary N) is 1. The van der Waals surface area contributed by atoms with Gasteiger partial charge in [-0.3, -0.25) is 14.4 Å². The molecule has 0 aromatic heterocycles. The Morgan fingerprint density at radius 2 is 1.62 bits per heavy atom. The van der Waals surface area contributed by atoms with Crippen molar-refractivity contribution in [3.05, 3.63) is 29.8 Å². The highest BCUT2D eigenvalue weighted by Gasteiger charge is 2.59. The van der Waals surface area contributed by atoms with Gasteiger partial charge in [-0.25, -0.2) is 9.59 Å². The summed E-state index contributed by atoms with van der Waals surface area (Å²) in [6, 6.07) is 1.96. The minimum atomic E-state index is -5.34. The monoisotopic (exact) mass is 528 g/mol. The minimum absolute atomic E-state index is 0.00678. The third-order valence-electron chi connectivity index (χ3n) is 6.40. The predicted molar refractivity (Wildman–Crippen MR) is 127 cm³/mol. The highest BCUT2D eigenvalue weighted by atomic mass is 19.4. The molecule has 3 atom stereocenters. The first-order valence-corrected chi connectivity index (χ1v) is 11.7. The van der Waals surface area contributed by atoms with Crippen molar-refractivity contribution in [2.45, 2.75) is 64.3 Å². The second kappa shape index (κ2) is 11.3. The standard InChI is InChI=1S/C24H31F3N4O6/c1-12(2)17(30-22(37)29-15-9-7-14(8-10-15)20(34)35)19(33)31-11-5-6-16(31)18(32)23(28,13(3)4)21(36)24(25,26)27/h7-10,12-13,16-17H,5-6,11,28H2,1-4H3,(H,34,35)(H2,29,30,37)/t16-,17-,23?/m0/s1. The number of anilines is 1. The van der Waals surface area contributed by atoms with Gasteiger partial charge >= 0.3 is 18.2 Å². The second-order valence-electron chi connectivity index (χ2n) is 9.61. The Bertz CT molecular complexity index is 1060. The summed E-state index contributed by atoms with van der Waals surface area (Å²) in [6.07, 6.45) is -5.03. The molecule has 1 saturated heterocycles. The van der Waals surface area contributed by atoms with Crippen molar-refractivity contribution in [3.8, 4) is 0 Å². The van der Waals surface area contributed by atoms with Crippen molar-refractivity contribution in [1.82, 2.24) is 10.2 Å². The molecule has 37 heavy (non-hydrogen) atoms. The fourth-order valence-electron chi connectivity index (χ4n) is 4.17. The van der Waals surface area contributed by atoms with E-state index in [2.05, 4.69) is 10.6 Å². The van der Waals surface area contributed by atoms with Crippen molar-refractivity contribution in [1.29, 1.82) is 0 Å². The molecule has 13 heteroatoms. The number of likely N-dealkylation sites (tertiary alicyclic amines) is 1. The third kappa shape index (κ3) is 6.45. The van der Waals surface area contributed by atoms with Gasteiger partial charge in [0.2, 0.25) is 5.91 Å². The SMILES string of the molecule is CC(C)[C@H](NC(=O)Nc1ccc(C(=O)O)cc1)C(=O)N1CCC[C@H]1C(=O)C(N)(C(=O)C(F)(F)F)C(C)C. The highest BCUT2D eigenvalue weighted by molar-refractivity contribution is 6.16. The summed E-state index contributed by atoms with van der Waals surface area (Å²) in [6.45, 7) is 5.76. The number of halogens is 3. The molecule has 3 amide bonds. The number of nitrogens with zero attached hydrogens (tertiary/aromatic N) is 1. The number of carbonyl (C=O) groups excluding carboxylic acids is 4. The lowest BCUT2D eigenvalue weighted by atomic mass is 9.76. The molecule has 0 saturated carbocycles. The molecule has 1 aliphatic rings. The summed E-state index contributed by atoms with van der Waals surface area (Å²) in [5.41, 5.74) is 3.20. The summed E-state index contributed by atoms with van der Waals surface area (Å²) in [4.78, 5) is 63.4. The number of aromatic carboxylic acids is 1. The van der Waals surface area contributed by atoms with E-state index >= 15 is 0 Å². The van der Waals surface area contributed by atoms with Crippen LogP contribution in [0.15, 0.2) is 24.3 Å². The van der Waals surface area contributed by atoms with Crippen LogP contribution in [0.1, 0.15) is 50.9 Å². The van der Waals surface area contributed by atoms with E-state index in [1.807, 2.05) is 0 Å². The number of amides is 3. The molecule has 1 fully saturated rings. The van der Waals surface area contributed by atoms with Gasteiger partial charge in [0.25, 0.3) is 5.78 Å². The van der Waals surface area contributed by atoms with E-state index < -0.39 is 65.1 Å².